The van der Waals surface area contributed by atoms with Crippen molar-refractivity contribution in [3.8, 4) is 0 Å². The number of ether oxygens (including phenoxy) is 2. The molecule has 0 saturated carbocycles. The molecule has 1 unspecified atom stereocenters. The molecule has 168 valence electrons. The van der Waals surface area contributed by atoms with Gasteiger partial charge in [-0.3, -0.25) is 14.8 Å². The van der Waals surface area contributed by atoms with Gasteiger partial charge in [0.25, 0.3) is 5.41 Å². The molecule has 32 heavy (non-hydrogen) atoms. The highest BCUT2D eigenvalue weighted by molar-refractivity contribution is 6.15. The molecular formula is C21H14F6N2O3. The first-order chi connectivity index (χ1) is 15.0. The van der Waals surface area contributed by atoms with Crippen LogP contribution in [0.15, 0.2) is 47.5 Å². The number of halogens is 6. The number of para-hydroxylation sites is 1. The quantitative estimate of drug-likeness (QED) is 0.323. The second-order valence-electron chi connectivity index (χ2n) is 7.01. The van der Waals surface area contributed by atoms with Crippen molar-refractivity contribution >= 4 is 33.5 Å². The summed E-state index contributed by atoms with van der Waals surface area (Å²) in [5.74, 6) is -2.83. The Morgan fingerprint density at radius 1 is 1.00 bits per heavy atom. The molecule has 2 heterocycles. The summed E-state index contributed by atoms with van der Waals surface area (Å²) >= 11 is 0. The lowest BCUT2D eigenvalue weighted by Crippen LogP contribution is -2.56. The number of carbonyl (C=O) groups is 1. The number of fused-ring (bicyclic) bond motifs is 3. The number of hydrogen-bond acceptors (Lipinski definition) is 5. The highest BCUT2D eigenvalue weighted by Crippen LogP contribution is 2.47. The molecule has 0 aliphatic carbocycles. The van der Waals surface area contributed by atoms with Crippen LogP contribution in [0.2, 0.25) is 0 Å². The fourth-order valence-corrected chi connectivity index (χ4v) is 3.79. The van der Waals surface area contributed by atoms with Crippen molar-refractivity contribution in [2.24, 2.45) is 4.99 Å². The van der Waals surface area contributed by atoms with E-state index in [-0.39, 0.29) is 24.1 Å². The zero-order chi connectivity index (χ0) is 23.3. The first-order valence-electron chi connectivity index (χ1n) is 9.25. The maximum absolute atomic E-state index is 14.7. The van der Waals surface area contributed by atoms with Crippen molar-refractivity contribution in [2.45, 2.75) is 17.8 Å². The minimum atomic E-state index is -5.39. The Balaban J connectivity index is 2.24. The molecule has 0 fully saturated rings. The number of pyridine rings is 1. The number of aromatic nitrogens is 1. The monoisotopic (exact) mass is 456 g/mol. The molecule has 1 aliphatic heterocycles. The number of nitrogens with zero attached hydrogens (tertiary/aromatic N) is 2. The highest BCUT2D eigenvalue weighted by atomic mass is 19.4. The average Bonchev–Trinajstić information content (AvgIpc) is 3.27. The second kappa shape index (κ2) is 7.35. The molecule has 0 saturated heterocycles. The van der Waals surface area contributed by atoms with E-state index in [1.165, 1.54) is 18.2 Å². The van der Waals surface area contributed by atoms with Gasteiger partial charge in [-0.05, 0) is 23.6 Å². The van der Waals surface area contributed by atoms with Gasteiger partial charge in [0.2, 0.25) is 5.90 Å². The number of benzene rings is 2. The third-order valence-corrected chi connectivity index (χ3v) is 5.21. The summed E-state index contributed by atoms with van der Waals surface area (Å²) in [4.78, 5) is 20.5. The Hall–Kier alpha value is -3.37. The summed E-state index contributed by atoms with van der Waals surface area (Å²) in [6, 6.07) is 8.35. The minimum absolute atomic E-state index is 0.0471. The molecule has 5 nitrogen and oxygen atoms in total. The van der Waals surface area contributed by atoms with Crippen LogP contribution in [0, 0.1) is 0 Å². The van der Waals surface area contributed by atoms with Crippen LogP contribution < -0.4 is 0 Å². The van der Waals surface area contributed by atoms with Crippen molar-refractivity contribution in [2.75, 3.05) is 20.3 Å². The predicted octanol–water partition coefficient (Wildman–Crippen LogP) is 4.81. The molecule has 1 aromatic heterocycles. The number of hydrogen-bond donors (Lipinski definition) is 0. The molecule has 3 aromatic rings. The average molecular weight is 456 g/mol. The first-order valence-corrected chi connectivity index (χ1v) is 9.25. The van der Waals surface area contributed by atoms with Gasteiger partial charge < -0.3 is 9.47 Å². The van der Waals surface area contributed by atoms with Crippen molar-refractivity contribution in [1.29, 1.82) is 0 Å². The van der Waals surface area contributed by atoms with Gasteiger partial charge in [0.1, 0.15) is 6.61 Å². The second-order valence-corrected chi connectivity index (χ2v) is 7.01. The zero-order valence-corrected chi connectivity index (χ0v) is 16.3. The summed E-state index contributed by atoms with van der Waals surface area (Å²) in [6.07, 6.45) is -10.2. The standard InChI is InChI=1S/C21H14F6N2O3/c1-31-18(30)19(21(25,26)27,17-28-8-9-32-17)16-14-10-11(20(22,23)24)6-7-12(14)13-4-2-3-5-15(13)29-16/h2-7,10H,8-9H2,1H3. The van der Waals surface area contributed by atoms with Gasteiger partial charge in [0, 0.05) is 10.8 Å². The molecule has 2 aromatic carbocycles. The lowest BCUT2D eigenvalue weighted by molar-refractivity contribution is -0.195. The van der Waals surface area contributed by atoms with E-state index < -0.39 is 46.3 Å². The molecular weight excluding hydrogens is 442 g/mol. The van der Waals surface area contributed by atoms with Crippen LogP contribution in [0.1, 0.15) is 11.3 Å². The van der Waals surface area contributed by atoms with Crippen LogP contribution in [-0.2, 0) is 25.9 Å². The molecule has 1 atom stereocenters. The van der Waals surface area contributed by atoms with Crippen LogP contribution in [0.3, 0.4) is 0 Å². The maximum Gasteiger partial charge on any atom is 0.419 e. The topological polar surface area (TPSA) is 60.8 Å². The Morgan fingerprint density at radius 3 is 2.31 bits per heavy atom. The van der Waals surface area contributed by atoms with Gasteiger partial charge in [-0.2, -0.15) is 26.3 Å². The molecule has 0 spiro atoms. The van der Waals surface area contributed by atoms with E-state index in [0.717, 1.165) is 19.2 Å². The van der Waals surface area contributed by atoms with Crippen LogP contribution >= 0.6 is 0 Å². The number of carbonyl (C=O) groups excluding carboxylic acids is 1. The van der Waals surface area contributed by atoms with Gasteiger partial charge in [-0.15, -0.1) is 0 Å². The minimum Gasteiger partial charge on any atom is -0.478 e. The summed E-state index contributed by atoms with van der Waals surface area (Å²) in [6.45, 7) is -0.396. The molecule has 0 radical (unpaired) electrons. The lowest BCUT2D eigenvalue weighted by atomic mass is 9.79. The number of aliphatic imine (C=N–C) groups is 1. The number of rotatable bonds is 3. The molecule has 11 heteroatoms. The Labute approximate surface area is 176 Å². The Bertz CT molecular complexity index is 1250. The number of alkyl halides is 6. The van der Waals surface area contributed by atoms with Crippen LogP contribution in [0.5, 0.6) is 0 Å². The number of esters is 1. The fourth-order valence-electron chi connectivity index (χ4n) is 3.79. The van der Waals surface area contributed by atoms with E-state index in [2.05, 4.69) is 14.7 Å². The van der Waals surface area contributed by atoms with E-state index in [9.17, 15) is 31.1 Å². The van der Waals surface area contributed by atoms with Crippen molar-refractivity contribution in [3.05, 3.63) is 53.7 Å². The summed E-state index contributed by atoms with van der Waals surface area (Å²) in [5.41, 5.74) is -5.79. The third kappa shape index (κ3) is 3.14. The fraction of sp³-hybridized carbons (Fsp3) is 0.286. The largest absolute Gasteiger partial charge is 0.478 e. The van der Waals surface area contributed by atoms with Crippen molar-refractivity contribution in [3.63, 3.8) is 0 Å². The third-order valence-electron chi connectivity index (χ3n) is 5.21. The van der Waals surface area contributed by atoms with E-state index in [4.69, 9.17) is 4.74 Å². The molecule has 0 amide bonds. The van der Waals surface area contributed by atoms with Gasteiger partial charge in [0.15, 0.2) is 0 Å². The zero-order valence-electron chi connectivity index (χ0n) is 16.3. The number of methoxy groups -OCH3 is 1. The van der Waals surface area contributed by atoms with E-state index in [1.807, 2.05) is 0 Å². The first kappa shape index (κ1) is 21.8. The van der Waals surface area contributed by atoms with Crippen LogP contribution in [0.4, 0.5) is 26.3 Å². The van der Waals surface area contributed by atoms with E-state index in [1.54, 1.807) is 6.07 Å². The van der Waals surface area contributed by atoms with E-state index >= 15 is 0 Å². The summed E-state index contributed by atoms with van der Waals surface area (Å²) in [5, 5.41) is -0.149. The van der Waals surface area contributed by atoms with Crippen molar-refractivity contribution < 1.29 is 40.6 Å². The SMILES string of the molecule is COC(=O)C(C1=NCCO1)(c1nc2ccccc2c2ccc(C(F)(F)F)cc12)C(F)(F)F. The Kier molecular flexibility index (Phi) is 5.02. The molecule has 0 N–H and O–H groups in total. The molecule has 4 rings (SSSR count). The van der Waals surface area contributed by atoms with Gasteiger partial charge >= 0.3 is 18.3 Å². The summed E-state index contributed by atoms with van der Waals surface area (Å²) < 4.78 is 93.9. The van der Waals surface area contributed by atoms with E-state index in [0.29, 0.717) is 11.5 Å². The smallest absolute Gasteiger partial charge is 0.419 e. The Morgan fingerprint density at radius 2 is 1.72 bits per heavy atom. The van der Waals surface area contributed by atoms with Crippen LogP contribution in [0.25, 0.3) is 21.7 Å². The van der Waals surface area contributed by atoms with Gasteiger partial charge in [-0.1, -0.05) is 24.3 Å². The van der Waals surface area contributed by atoms with Gasteiger partial charge in [0.05, 0.1) is 30.4 Å². The summed E-state index contributed by atoms with van der Waals surface area (Å²) in [7, 11) is 0.739. The predicted molar refractivity (Wildman–Crippen MR) is 102 cm³/mol. The van der Waals surface area contributed by atoms with Gasteiger partial charge in [-0.25, -0.2) is 0 Å². The van der Waals surface area contributed by atoms with Crippen molar-refractivity contribution in [1.82, 2.24) is 4.98 Å². The van der Waals surface area contributed by atoms with Crippen LogP contribution in [-0.4, -0.2) is 43.3 Å². The maximum atomic E-state index is 14.7. The molecule has 1 aliphatic rings. The molecule has 0 bridgehead atoms. The normalized spacial score (nSPS) is 16.5. The lowest BCUT2D eigenvalue weighted by Gasteiger charge is -2.32. The highest BCUT2D eigenvalue weighted by Gasteiger charge is 2.70.